The smallest absolute Gasteiger partial charge is 0.294 e. The Labute approximate surface area is 191 Å². The molecule has 1 saturated heterocycles. The second-order valence-electron chi connectivity index (χ2n) is 7.38. The Morgan fingerprint density at radius 2 is 1.94 bits per heavy atom. The van der Waals surface area contributed by atoms with Gasteiger partial charge in [0, 0.05) is 5.69 Å². The van der Waals surface area contributed by atoms with Crippen LogP contribution < -0.4 is 14.8 Å². The van der Waals surface area contributed by atoms with E-state index < -0.39 is 17.1 Å². The number of ether oxygens (including phenoxy) is 2. The van der Waals surface area contributed by atoms with Crippen LogP contribution in [0, 0.1) is 6.92 Å². The van der Waals surface area contributed by atoms with Gasteiger partial charge in [0.1, 0.15) is 6.54 Å². The Bertz CT molecular complexity index is 1070. The molecule has 1 fully saturated rings. The van der Waals surface area contributed by atoms with Gasteiger partial charge in [0.05, 0.1) is 18.1 Å². The van der Waals surface area contributed by atoms with Crippen LogP contribution in [0.25, 0.3) is 6.08 Å². The summed E-state index contributed by atoms with van der Waals surface area (Å²) in [5, 5.41) is 2.26. The molecule has 1 aliphatic rings. The highest BCUT2D eigenvalue weighted by molar-refractivity contribution is 8.18. The van der Waals surface area contributed by atoms with Crippen LogP contribution in [0.15, 0.2) is 47.4 Å². The molecule has 2 aromatic carbocycles. The quantitative estimate of drug-likeness (QED) is 0.574. The topological polar surface area (TPSA) is 84.9 Å². The Morgan fingerprint density at radius 1 is 1.19 bits per heavy atom. The second-order valence-corrected chi connectivity index (χ2v) is 8.37. The first-order valence-electron chi connectivity index (χ1n) is 10.3. The number of nitrogens with one attached hydrogen (secondary N) is 1. The number of rotatable bonds is 8. The molecule has 0 saturated carbocycles. The monoisotopic (exact) mass is 454 g/mol. The van der Waals surface area contributed by atoms with Crippen molar-refractivity contribution in [2.24, 2.45) is 0 Å². The van der Waals surface area contributed by atoms with E-state index in [2.05, 4.69) is 5.32 Å². The van der Waals surface area contributed by atoms with Crippen LogP contribution in [0.3, 0.4) is 0 Å². The second kappa shape index (κ2) is 10.4. The number of nitrogens with zero attached hydrogens (tertiary/aromatic N) is 1. The average Bonchev–Trinajstić information content (AvgIpc) is 3.03. The SMILES string of the molecule is CC[C@H](C)Oc1ccc(/C=C2\SC(=O)N(CC(=O)Nc3ccccc3C)C2=O)cc1OC. The summed E-state index contributed by atoms with van der Waals surface area (Å²) < 4.78 is 11.2. The Kier molecular flexibility index (Phi) is 7.58. The predicted octanol–water partition coefficient (Wildman–Crippen LogP) is 4.86. The highest BCUT2D eigenvalue weighted by Gasteiger charge is 2.36. The van der Waals surface area contributed by atoms with Crippen LogP contribution in [-0.4, -0.2) is 41.7 Å². The Morgan fingerprint density at radius 3 is 2.62 bits per heavy atom. The molecule has 3 amide bonds. The van der Waals surface area contributed by atoms with E-state index in [0.29, 0.717) is 22.7 Å². The fraction of sp³-hybridized carbons (Fsp3) is 0.292. The van der Waals surface area contributed by atoms with E-state index in [1.165, 1.54) is 0 Å². The van der Waals surface area contributed by atoms with Crippen molar-refractivity contribution < 1.29 is 23.9 Å². The van der Waals surface area contributed by atoms with E-state index in [0.717, 1.165) is 28.6 Å². The summed E-state index contributed by atoms with van der Waals surface area (Å²) in [7, 11) is 1.55. The number of imide groups is 1. The zero-order chi connectivity index (χ0) is 23.3. The minimum absolute atomic E-state index is 0.0390. The maximum Gasteiger partial charge on any atom is 0.294 e. The van der Waals surface area contributed by atoms with Crippen molar-refractivity contribution in [3.8, 4) is 11.5 Å². The minimum Gasteiger partial charge on any atom is -0.493 e. The number of thioether (sulfide) groups is 1. The van der Waals surface area contributed by atoms with E-state index in [4.69, 9.17) is 9.47 Å². The van der Waals surface area contributed by atoms with Crippen LogP contribution in [0.4, 0.5) is 10.5 Å². The highest BCUT2D eigenvalue weighted by atomic mass is 32.2. The number of benzene rings is 2. The number of aryl methyl sites for hydroxylation is 1. The summed E-state index contributed by atoms with van der Waals surface area (Å²) >= 11 is 0.806. The molecule has 3 rings (SSSR count). The van der Waals surface area contributed by atoms with Gasteiger partial charge < -0.3 is 14.8 Å². The highest BCUT2D eigenvalue weighted by Crippen LogP contribution is 2.35. The largest absolute Gasteiger partial charge is 0.493 e. The van der Waals surface area contributed by atoms with Crippen LogP contribution in [-0.2, 0) is 9.59 Å². The lowest BCUT2D eigenvalue weighted by Gasteiger charge is -2.15. The molecule has 32 heavy (non-hydrogen) atoms. The summed E-state index contributed by atoms with van der Waals surface area (Å²) in [4.78, 5) is 38.7. The molecule has 0 aliphatic carbocycles. The molecule has 0 aromatic heterocycles. The van der Waals surface area contributed by atoms with Gasteiger partial charge in [-0.15, -0.1) is 0 Å². The lowest BCUT2D eigenvalue weighted by Crippen LogP contribution is -2.36. The van der Waals surface area contributed by atoms with E-state index >= 15 is 0 Å². The fourth-order valence-electron chi connectivity index (χ4n) is 3.01. The molecule has 2 aromatic rings. The van der Waals surface area contributed by atoms with E-state index in [1.54, 1.807) is 43.5 Å². The van der Waals surface area contributed by atoms with Crippen molar-refractivity contribution in [3.05, 3.63) is 58.5 Å². The number of hydrogen-bond acceptors (Lipinski definition) is 6. The van der Waals surface area contributed by atoms with Gasteiger partial charge >= 0.3 is 0 Å². The van der Waals surface area contributed by atoms with Crippen LogP contribution in [0.2, 0.25) is 0 Å². The Balaban J connectivity index is 1.72. The number of anilines is 1. The minimum atomic E-state index is -0.501. The molecule has 1 N–H and O–H groups in total. The van der Waals surface area contributed by atoms with Gasteiger partial charge in [-0.1, -0.05) is 31.2 Å². The number of hydrogen-bond donors (Lipinski definition) is 1. The van der Waals surface area contributed by atoms with Gasteiger partial charge in [-0.2, -0.15) is 0 Å². The molecule has 168 valence electrons. The lowest BCUT2D eigenvalue weighted by molar-refractivity contribution is -0.127. The Hall–Kier alpha value is -3.26. The standard InChI is InChI=1S/C24H26N2O5S/c1-5-16(3)31-19-11-10-17(12-20(19)30-4)13-21-23(28)26(24(29)32-21)14-22(27)25-18-9-7-6-8-15(18)2/h6-13,16H,5,14H2,1-4H3,(H,25,27)/b21-13-/t16-/m0/s1. The van der Waals surface area contributed by atoms with Crippen molar-refractivity contribution in [2.45, 2.75) is 33.3 Å². The number of methoxy groups -OCH3 is 1. The maximum atomic E-state index is 12.8. The molecule has 0 unspecified atom stereocenters. The number of para-hydroxylation sites is 1. The van der Waals surface area contributed by atoms with Gasteiger partial charge in [0.25, 0.3) is 11.1 Å². The number of amides is 3. The predicted molar refractivity (Wildman–Crippen MR) is 126 cm³/mol. The van der Waals surface area contributed by atoms with Gasteiger partial charge in [0.15, 0.2) is 11.5 Å². The van der Waals surface area contributed by atoms with E-state index in [1.807, 2.05) is 32.9 Å². The first-order chi connectivity index (χ1) is 15.3. The summed E-state index contributed by atoms with van der Waals surface area (Å²) in [5.74, 6) is 0.214. The first kappa shape index (κ1) is 23.4. The van der Waals surface area contributed by atoms with E-state index in [-0.39, 0.29) is 17.6 Å². The van der Waals surface area contributed by atoms with Crippen molar-refractivity contribution >= 4 is 40.6 Å². The van der Waals surface area contributed by atoms with Crippen LogP contribution in [0.5, 0.6) is 11.5 Å². The summed E-state index contributed by atoms with van der Waals surface area (Å²) in [6.07, 6.45) is 2.51. The molecule has 1 aliphatic heterocycles. The third-order valence-electron chi connectivity index (χ3n) is 4.98. The molecular weight excluding hydrogens is 428 g/mol. The molecule has 0 bridgehead atoms. The van der Waals surface area contributed by atoms with Crippen molar-refractivity contribution in [3.63, 3.8) is 0 Å². The van der Waals surface area contributed by atoms with Gasteiger partial charge in [0.2, 0.25) is 5.91 Å². The fourth-order valence-corrected chi connectivity index (χ4v) is 3.84. The zero-order valence-electron chi connectivity index (χ0n) is 18.5. The van der Waals surface area contributed by atoms with Gasteiger partial charge in [-0.3, -0.25) is 19.3 Å². The molecule has 1 atom stereocenters. The first-order valence-corrected chi connectivity index (χ1v) is 11.1. The molecular formula is C24H26N2O5S. The zero-order valence-corrected chi connectivity index (χ0v) is 19.3. The van der Waals surface area contributed by atoms with E-state index in [9.17, 15) is 14.4 Å². The van der Waals surface area contributed by atoms with Crippen molar-refractivity contribution in [1.29, 1.82) is 0 Å². The molecule has 1 heterocycles. The third kappa shape index (κ3) is 5.50. The van der Waals surface area contributed by atoms with Gasteiger partial charge in [-0.05, 0) is 67.4 Å². The molecule has 8 heteroatoms. The van der Waals surface area contributed by atoms with Crippen LogP contribution >= 0.6 is 11.8 Å². The maximum absolute atomic E-state index is 12.8. The normalized spacial score (nSPS) is 15.8. The average molecular weight is 455 g/mol. The van der Waals surface area contributed by atoms with Crippen LogP contribution in [0.1, 0.15) is 31.4 Å². The van der Waals surface area contributed by atoms with Crippen molar-refractivity contribution in [1.82, 2.24) is 4.90 Å². The molecule has 0 radical (unpaired) electrons. The summed E-state index contributed by atoms with van der Waals surface area (Å²) in [6, 6.07) is 12.6. The lowest BCUT2D eigenvalue weighted by atomic mass is 10.1. The molecule has 0 spiro atoms. The van der Waals surface area contributed by atoms with Gasteiger partial charge in [-0.25, -0.2) is 0 Å². The molecule has 7 nitrogen and oxygen atoms in total. The third-order valence-corrected chi connectivity index (χ3v) is 5.89. The number of carbonyl (C=O) groups excluding carboxylic acids is 3. The summed E-state index contributed by atoms with van der Waals surface area (Å²) in [5.41, 5.74) is 2.23. The number of carbonyl (C=O) groups is 3. The van der Waals surface area contributed by atoms with Crippen molar-refractivity contribution in [2.75, 3.05) is 19.0 Å². The summed E-state index contributed by atoms with van der Waals surface area (Å²) in [6.45, 7) is 5.52.